The molecule has 1 saturated heterocycles. The number of ether oxygens (including phenoxy) is 1. The molecule has 0 atom stereocenters. The molecule has 1 fully saturated rings. The average Bonchev–Trinajstić information content (AvgIpc) is 2.58. The molecule has 5 heteroatoms. The topological polar surface area (TPSA) is 44.8 Å². The summed E-state index contributed by atoms with van der Waals surface area (Å²) in [7, 11) is 3.73. The summed E-state index contributed by atoms with van der Waals surface area (Å²) < 4.78 is 4.97. The molecule has 0 saturated carbocycles. The number of amides is 2. The second kappa shape index (κ2) is 5.82. The lowest BCUT2D eigenvalue weighted by Crippen LogP contribution is -2.36. The Morgan fingerprint density at radius 3 is 2.93 bits per heavy atom. The predicted octanol–water partition coefficient (Wildman–Crippen LogP) is -0.410. The summed E-state index contributed by atoms with van der Waals surface area (Å²) in [5, 5.41) is 2.78. The van der Waals surface area contributed by atoms with Gasteiger partial charge in [-0.25, -0.2) is 4.79 Å². The van der Waals surface area contributed by atoms with Gasteiger partial charge >= 0.3 is 6.03 Å². The SMILES string of the molecule is COCCN(C)CCN1CCNC1=O. The monoisotopic (exact) mass is 201 g/mol. The van der Waals surface area contributed by atoms with E-state index in [0.29, 0.717) is 0 Å². The highest BCUT2D eigenvalue weighted by molar-refractivity contribution is 5.76. The van der Waals surface area contributed by atoms with Crippen LogP contribution in [0.15, 0.2) is 0 Å². The molecule has 0 bridgehead atoms. The van der Waals surface area contributed by atoms with Crippen molar-refractivity contribution in [3.05, 3.63) is 0 Å². The number of nitrogens with one attached hydrogen (secondary N) is 1. The van der Waals surface area contributed by atoms with E-state index in [2.05, 4.69) is 10.2 Å². The van der Waals surface area contributed by atoms with Crippen molar-refractivity contribution in [2.75, 3.05) is 53.5 Å². The third-order valence-electron chi connectivity index (χ3n) is 2.37. The number of hydrogen-bond acceptors (Lipinski definition) is 3. The Morgan fingerprint density at radius 1 is 1.57 bits per heavy atom. The lowest BCUT2D eigenvalue weighted by Gasteiger charge is -2.20. The standard InChI is InChI=1S/C9H19N3O2/c1-11(7-8-14-2)5-6-12-4-3-10-9(12)13/h3-8H2,1-2H3,(H,10,13). The van der Waals surface area contributed by atoms with Gasteiger partial charge in [-0.15, -0.1) is 0 Å². The highest BCUT2D eigenvalue weighted by Crippen LogP contribution is 1.96. The zero-order valence-corrected chi connectivity index (χ0v) is 8.95. The first-order valence-corrected chi connectivity index (χ1v) is 4.94. The Hall–Kier alpha value is -0.810. The molecule has 0 radical (unpaired) electrons. The molecule has 14 heavy (non-hydrogen) atoms. The first kappa shape index (κ1) is 11.3. The van der Waals surface area contributed by atoms with Crippen LogP contribution < -0.4 is 5.32 Å². The van der Waals surface area contributed by atoms with Crippen LogP contribution in [-0.2, 0) is 4.74 Å². The number of carbonyl (C=O) groups excluding carboxylic acids is 1. The summed E-state index contributed by atoms with van der Waals surface area (Å²) >= 11 is 0. The first-order valence-electron chi connectivity index (χ1n) is 4.94. The third-order valence-corrected chi connectivity index (χ3v) is 2.37. The molecule has 1 aliphatic heterocycles. The molecule has 1 rings (SSSR count). The van der Waals surface area contributed by atoms with Crippen molar-refractivity contribution in [2.45, 2.75) is 0 Å². The van der Waals surface area contributed by atoms with Gasteiger partial charge in [0.25, 0.3) is 0 Å². The van der Waals surface area contributed by atoms with Gasteiger partial charge in [0, 0.05) is 39.8 Å². The molecule has 82 valence electrons. The third kappa shape index (κ3) is 3.51. The van der Waals surface area contributed by atoms with E-state index in [1.54, 1.807) is 7.11 Å². The van der Waals surface area contributed by atoms with Crippen LogP contribution >= 0.6 is 0 Å². The largest absolute Gasteiger partial charge is 0.383 e. The molecule has 0 unspecified atom stereocenters. The van der Waals surface area contributed by atoms with Crippen molar-refractivity contribution in [1.29, 1.82) is 0 Å². The maximum atomic E-state index is 11.2. The van der Waals surface area contributed by atoms with Gasteiger partial charge < -0.3 is 19.9 Å². The van der Waals surface area contributed by atoms with Crippen LogP contribution in [0, 0.1) is 0 Å². The van der Waals surface area contributed by atoms with E-state index in [0.717, 1.165) is 39.3 Å². The fraction of sp³-hybridized carbons (Fsp3) is 0.889. The van der Waals surface area contributed by atoms with Crippen LogP contribution in [0.25, 0.3) is 0 Å². The van der Waals surface area contributed by atoms with E-state index >= 15 is 0 Å². The first-order chi connectivity index (χ1) is 6.74. The van der Waals surface area contributed by atoms with Crippen molar-refractivity contribution in [1.82, 2.24) is 15.1 Å². The van der Waals surface area contributed by atoms with Crippen LogP contribution in [0.4, 0.5) is 4.79 Å². The van der Waals surface area contributed by atoms with Crippen molar-refractivity contribution < 1.29 is 9.53 Å². The number of urea groups is 1. The molecule has 0 aromatic carbocycles. The number of methoxy groups -OCH3 is 1. The summed E-state index contributed by atoms with van der Waals surface area (Å²) in [6, 6.07) is 0.0603. The van der Waals surface area contributed by atoms with E-state index < -0.39 is 0 Å². The zero-order valence-electron chi connectivity index (χ0n) is 8.95. The molecule has 5 nitrogen and oxygen atoms in total. The number of likely N-dealkylation sites (N-methyl/N-ethyl adjacent to an activating group) is 1. The second-order valence-electron chi connectivity index (χ2n) is 3.52. The summed E-state index contributed by atoms with van der Waals surface area (Å²) in [6.45, 7) is 4.95. The van der Waals surface area contributed by atoms with Gasteiger partial charge in [-0.3, -0.25) is 0 Å². The van der Waals surface area contributed by atoms with Gasteiger partial charge in [-0.05, 0) is 7.05 Å². The molecular weight excluding hydrogens is 182 g/mol. The van der Waals surface area contributed by atoms with E-state index in [4.69, 9.17) is 4.74 Å². The Kier molecular flexibility index (Phi) is 4.69. The minimum atomic E-state index is 0.0603. The minimum Gasteiger partial charge on any atom is -0.383 e. The maximum absolute atomic E-state index is 11.2. The molecule has 2 amide bonds. The number of carbonyl (C=O) groups is 1. The van der Waals surface area contributed by atoms with Crippen LogP contribution in [0.5, 0.6) is 0 Å². The highest BCUT2D eigenvalue weighted by Gasteiger charge is 2.18. The van der Waals surface area contributed by atoms with E-state index in [1.165, 1.54) is 0 Å². The van der Waals surface area contributed by atoms with E-state index in [1.807, 2.05) is 11.9 Å². The minimum absolute atomic E-state index is 0.0603. The van der Waals surface area contributed by atoms with Crippen molar-refractivity contribution in [3.8, 4) is 0 Å². The number of nitrogens with zero attached hydrogens (tertiary/aromatic N) is 2. The smallest absolute Gasteiger partial charge is 0.317 e. The Morgan fingerprint density at radius 2 is 2.36 bits per heavy atom. The van der Waals surface area contributed by atoms with Gasteiger partial charge in [0.2, 0.25) is 0 Å². The van der Waals surface area contributed by atoms with Gasteiger partial charge in [0.15, 0.2) is 0 Å². The fourth-order valence-corrected chi connectivity index (χ4v) is 1.37. The lowest BCUT2D eigenvalue weighted by atomic mass is 10.4. The van der Waals surface area contributed by atoms with Crippen LogP contribution in [0.2, 0.25) is 0 Å². The van der Waals surface area contributed by atoms with E-state index in [9.17, 15) is 4.79 Å². The molecule has 0 aliphatic carbocycles. The van der Waals surface area contributed by atoms with Crippen LogP contribution in [0.1, 0.15) is 0 Å². The molecule has 0 spiro atoms. The molecule has 0 aromatic heterocycles. The van der Waals surface area contributed by atoms with Crippen molar-refractivity contribution in [3.63, 3.8) is 0 Å². The second-order valence-corrected chi connectivity index (χ2v) is 3.52. The predicted molar refractivity (Wildman–Crippen MR) is 54.3 cm³/mol. The maximum Gasteiger partial charge on any atom is 0.317 e. The quantitative estimate of drug-likeness (QED) is 0.635. The molecule has 0 aromatic rings. The normalized spacial score (nSPS) is 16.5. The Bertz CT molecular complexity index is 187. The molecule has 1 heterocycles. The summed E-state index contributed by atoms with van der Waals surface area (Å²) in [5.74, 6) is 0. The Labute approximate surface area is 85.0 Å². The fourth-order valence-electron chi connectivity index (χ4n) is 1.37. The Balaban J connectivity index is 2.10. The van der Waals surface area contributed by atoms with E-state index in [-0.39, 0.29) is 6.03 Å². The van der Waals surface area contributed by atoms with Crippen molar-refractivity contribution >= 4 is 6.03 Å². The zero-order chi connectivity index (χ0) is 10.4. The number of hydrogen-bond donors (Lipinski definition) is 1. The lowest BCUT2D eigenvalue weighted by molar-refractivity contribution is 0.155. The van der Waals surface area contributed by atoms with Gasteiger partial charge in [-0.1, -0.05) is 0 Å². The molecular formula is C9H19N3O2. The average molecular weight is 201 g/mol. The van der Waals surface area contributed by atoms with Crippen LogP contribution in [0.3, 0.4) is 0 Å². The highest BCUT2D eigenvalue weighted by atomic mass is 16.5. The molecule has 1 aliphatic rings. The van der Waals surface area contributed by atoms with Crippen molar-refractivity contribution in [2.24, 2.45) is 0 Å². The summed E-state index contributed by atoms with van der Waals surface area (Å²) in [4.78, 5) is 15.2. The summed E-state index contributed by atoms with van der Waals surface area (Å²) in [6.07, 6.45) is 0. The summed E-state index contributed by atoms with van der Waals surface area (Å²) in [5.41, 5.74) is 0. The van der Waals surface area contributed by atoms with Gasteiger partial charge in [-0.2, -0.15) is 0 Å². The molecule has 1 N–H and O–H groups in total. The number of rotatable bonds is 6. The van der Waals surface area contributed by atoms with Gasteiger partial charge in [0.05, 0.1) is 6.61 Å². The van der Waals surface area contributed by atoms with Crippen LogP contribution in [-0.4, -0.2) is 69.3 Å². The van der Waals surface area contributed by atoms with Gasteiger partial charge in [0.1, 0.15) is 0 Å².